The van der Waals surface area contributed by atoms with Crippen LogP contribution < -0.4 is 54.6 Å². The van der Waals surface area contributed by atoms with Gasteiger partial charge in [0.25, 0.3) is 0 Å². The van der Waals surface area contributed by atoms with Gasteiger partial charge in [-0.2, -0.15) is 0 Å². The minimum Gasteiger partial charge on any atom is -0.105 e. The fourth-order valence-corrected chi connectivity index (χ4v) is 11.5. The van der Waals surface area contributed by atoms with Crippen LogP contribution in [0.1, 0.15) is 66.8 Å². The highest BCUT2D eigenvalue weighted by Crippen LogP contribution is 2.29. The molecule has 290 valence electrons. The van der Waals surface area contributed by atoms with Crippen LogP contribution in [0.3, 0.4) is 0 Å². The first-order valence-electron chi connectivity index (χ1n) is 21.9. The number of hydrogen-bond donors (Lipinski definition) is 0. The summed E-state index contributed by atoms with van der Waals surface area (Å²) in [4.78, 5) is 0. The molecule has 2 aliphatic heterocycles. The van der Waals surface area contributed by atoms with Gasteiger partial charge in [0.05, 0.1) is 0 Å². The Kier molecular flexibility index (Phi) is 10.4. The van der Waals surface area contributed by atoms with Gasteiger partial charge in [0.1, 0.15) is 0 Å². The van der Waals surface area contributed by atoms with Gasteiger partial charge in [-0.1, -0.05) is 221 Å². The SMILES string of the molecule is Cc1cc(C)c(B2c3ccccc3B(/C=C/c3c(C)c(C)c(/C=C/B4c5ccccc5B(c5c(C)cc(C)cc5C)c5ccccc54)c(C)c3C)c3ccccc32)c(C)c1. The van der Waals surface area contributed by atoms with Crippen LogP contribution in [-0.4, -0.2) is 26.9 Å². The molecule has 2 aliphatic rings. The first kappa shape index (κ1) is 39.7. The second kappa shape index (κ2) is 15.7. The van der Waals surface area contributed by atoms with Gasteiger partial charge in [-0.15, -0.1) is 12.0 Å². The predicted molar refractivity (Wildman–Crippen MR) is 270 cm³/mol. The van der Waals surface area contributed by atoms with Gasteiger partial charge in [-0.3, -0.25) is 0 Å². The Hall–Kier alpha value is -5.72. The van der Waals surface area contributed by atoms with Gasteiger partial charge >= 0.3 is 0 Å². The Labute approximate surface area is 361 Å². The molecule has 0 saturated carbocycles. The zero-order valence-corrected chi connectivity index (χ0v) is 37.2. The normalized spacial score (nSPS) is 13.2. The standard InChI is InChI=1S/C56H54B4/c1-35-31-37(3)55(38(4)32-35)59-51-23-15-11-19-47(51)57(48-20-12-16-24-52(48)59)29-27-45-41(7)43(9)46(44(10)42(45)8)28-30-58-49-21-13-17-25-53(49)60(54-26-18-14-22-50(54)58)56-39(5)33-36(2)34-40(56)6/h11-34H,1-10H3/b29-27+,30-28+. The van der Waals surface area contributed by atoms with Crippen molar-refractivity contribution in [2.24, 2.45) is 0 Å². The molecule has 0 atom stereocenters. The van der Waals surface area contributed by atoms with Crippen LogP contribution in [0.25, 0.3) is 12.2 Å². The lowest BCUT2D eigenvalue weighted by atomic mass is 9.22. The molecule has 0 bridgehead atoms. The van der Waals surface area contributed by atoms with Crippen molar-refractivity contribution < 1.29 is 0 Å². The maximum atomic E-state index is 2.48. The summed E-state index contributed by atoms with van der Waals surface area (Å²) in [5.74, 6) is 4.96. The van der Waals surface area contributed by atoms with Crippen LogP contribution in [0.2, 0.25) is 0 Å². The van der Waals surface area contributed by atoms with Crippen molar-refractivity contribution in [1.29, 1.82) is 0 Å². The molecule has 4 heteroatoms. The molecule has 60 heavy (non-hydrogen) atoms. The van der Waals surface area contributed by atoms with Crippen molar-refractivity contribution in [2.45, 2.75) is 69.2 Å². The van der Waals surface area contributed by atoms with Crippen molar-refractivity contribution in [3.63, 3.8) is 0 Å². The zero-order valence-electron chi connectivity index (χ0n) is 37.2. The second-order valence-electron chi connectivity index (χ2n) is 18.0. The molecule has 2 heterocycles. The van der Waals surface area contributed by atoms with Crippen molar-refractivity contribution in [3.8, 4) is 0 Å². The summed E-state index contributed by atoms with van der Waals surface area (Å²) in [6.07, 6.45) is 4.86. The number of fused-ring (bicyclic) bond motifs is 4. The molecule has 0 fully saturated rings. The molecule has 0 saturated heterocycles. The molecule has 0 N–H and O–H groups in total. The fourth-order valence-electron chi connectivity index (χ4n) is 11.5. The third kappa shape index (κ3) is 6.60. The van der Waals surface area contributed by atoms with Crippen molar-refractivity contribution in [2.75, 3.05) is 0 Å². The van der Waals surface area contributed by atoms with E-state index in [2.05, 4.69) is 215 Å². The summed E-state index contributed by atoms with van der Waals surface area (Å²) in [5, 5.41) is 0. The summed E-state index contributed by atoms with van der Waals surface area (Å²) in [6, 6.07) is 46.1. The third-order valence-electron chi connectivity index (χ3n) is 14.3. The number of rotatable bonds is 6. The van der Waals surface area contributed by atoms with E-state index in [1.165, 1.54) is 121 Å². The molecule has 0 aliphatic carbocycles. The largest absolute Gasteiger partial charge is 0.240 e. The van der Waals surface area contributed by atoms with Gasteiger partial charge < -0.3 is 0 Å². The highest BCUT2D eigenvalue weighted by Gasteiger charge is 2.39. The summed E-state index contributed by atoms with van der Waals surface area (Å²) < 4.78 is 0. The van der Waals surface area contributed by atoms with E-state index in [9.17, 15) is 0 Å². The molecular weight excluding hydrogens is 716 g/mol. The predicted octanol–water partition coefficient (Wildman–Crippen LogP) is 6.15. The molecule has 0 nitrogen and oxygen atoms in total. The summed E-state index contributed by atoms with van der Waals surface area (Å²) in [6.45, 7) is 23.6. The zero-order chi connectivity index (χ0) is 42.0. The Balaban J connectivity index is 1.10. The second-order valence-corrected chi connectivity index (χ2v) is 18.0. The van der Waals surface area contributed by atoms with Gasteiger partial charge in [-0.05, 0) is 103 Å². The summed E-state index contributed by atoms with van der Waals surface area (Å²) in [5.41, 5.74) is 30.4. The molecule has 0 radical (unpaired) electrons. The highest BCUT2D eigenvalue weighted by molar-refractivity contribution is 7.10. The average Bonchev–Trinajstić information content (AvgIpc) is 3.23. The molecule has 7 aromatic rings. The first-order valence-corrected chi connectivity index (χ1v) is 21.9. The van der Waals surface area contributed by atoms with E-state index in [1.807, 2.05) is 0 Å². The Morgan fingerprint density at radius 1 is 0.317 bits per heavy atom. The smallest absolute Gasteiger partial charge is 0.105 e. The highest BCUT2D eigenvalue weighted by atomic mass is 14.2. The Bertz CT molecular complexity index is 2540. The minimum absolute atomic E-state index is 0.168. The van der Waals surface area contributed by atoms with Crippen LogP contribution in [-0.2, 0) is 0 Å². The third-order valence-corrected chi connectivity index (χ3v) is 14.3. The van der Waals surface area contributed by atoms with E-state index >= 15 is 0 Å². The summed E-state index contributed by atoms with van der Waals surface area (Å²) in [7, 11) is 0. The van der Waals surface area contributed by atoms with Crippen LogP contribution in [0.4, 0.5) is 0 Å². The molecular formula is C56H54B4. The van der Waals surface area contributed by atoms with Crippen LogP contribution in [0.5, 0.6) is 0 Å². The average molecular weight is 770 g/mol. The van der Waals surface area contributed by atoms with E-state index in [0.717, 1.165) is 0 Å². The Morgan fingerprint density at radius 2 is 0.550 bits per heavy atom. The van der Waals surface area contributed by atoms with Crippen molar-refractivity contribution in [3.05, 3.63) is 200 Å². The topological polar surface area (TPSA) is 0 Å². The molecule has 0 amide bonds. The molecule has 0 spiro atoms. The number of benzene rings is 7. The number of hydrogen-bond acceptors (Lipinski definition) is 0. The molecule has 9 rings (SSSR count). The monoisotopic (exact) mass is 770 g/mol. The molecule has 7 aromatic carbocycles. The maximum absolute atomic E-state index is 2.48. The van der Waals surface area contributed by atoms with E-state index < -0.39 is 0 Å². The van der Waals surface area contributed by atoms with E-state index in [1.54, 1.807) is 0 Å². The quantitative estimate of drug-likeness (QED) is 0.178. The van der Waals surface area contributed by atoms with Gasteiger partial charge in [0.2, 0.25) is 26.9 Å². The van der Waals surface area contributed by atoms with Crippen LogP contribution in [0.15, 0.2) is 133 Å². The fraction of sp³-hybridized carbons (Fsp3) is 0.179. The molecule has 0 unspecified atom stereocenters. The van der Waals surface area contributed by atoms with Crippen molar-refractivity contribution in [1.82, 2.24) is 0 Å². The first-order chi connectivity index (χ1) is 28.9. The summed E-state index contributed by atoms with van der Waals surface area (Å²) >= 11 is 0. The van der Waals surface area contributed by atoms with Crippen molar-refractivity contribution >= 4 is 93.6 Å². The lowest BCUT2D eigenvalue weighted by Gasteiger charge is -2.32. The maximum Gasteiger partial charge on any atom is 0.240 e. The lowest BCUT2D eigenvalue weighted by Crippen LogP contribution is -2.72. The minimum atomic E-state index is 0.168. The van der Waals surface area contributed by atoms with E-state index in [-0.39, 0.29) is 26.9 Å². The van der Waals surface area contributed by atoms with Gasteiger partial charge in [-0.25, -0.2) is 0 Å². The van der Waals surface area contributed by atoms with Crippen LogP contribution in [0, 0.1) is 69.2 Å². The lowest BCUT2D eigenvalue weighted by molar-refractivity contribution is 1.21. The molecule has 0 aromatic heterocycles. The van der Waals surface area contributed by atoms with Crippen LogP contribution >= 0.6 is 0 Å². The van der Waals surface area contributed by atoms with Gasteiger partial charge in [0, 0.05) is 0 Å². The Morgan fingerprint density at radius 3 is 0.800 bits per heavy atom. The number of aryl methyl sites for hydroxylation is 6. The van der Waals surface area contributed by atoms with E-state index in [0.29, 0.717) is 0 Å². The van der Waals surface area contributed by atoms with Gasteiger partial charge in [0.15, 0.2) is 0 Å². The van der Waals surface area contributed by atoms with E-state index in [4.69, 9.17) is 0 Å².